The number of para-hydroxylation sites is 1. The standard InChI is InChI=1S/C23H23ClF3N3O2S/c1-13-15(10-30(29-13)20-14(11-31)3-2-4-18(20)25)7-16-9-22(5-6-28-16)21-17(8-19(24)33-21)23(26,27)12-32-22/h2-4,8,10,16,28,31H,5-7,9,11-12H2,1H3. The summed E-state index contributed by atoms with van der Waals surface area (Å²) in [7, 11) is 0. The van der Waals surface area contributed by atoms with Gasteiger partial charge >= 0.3 is 0 Å². The van der Waals surface area contributed by atoms with Gasteiger partial charge in [0.05, 0.1) is 16.6 Å². The number of nitrogens with zero attached hydrogens (tertiary/aromatic N) is 2. The zero-order valence-electron chi connectivity index (χ0n) is 17.9. The van der Waals surface area contributed by atoms with Crippen LogP contribution in [-0.4, -0.2) is 34.1 Å². The summed E-state index contributed by atoms with van der Waals surface area (Å²) in [6.45, 7) is 1.49. The van der Waals surface area contributed by atoms with Gasteiger partial charge < -0.3 is 15.2 Å². The third-order valence-electron chi connectivity index (χ3n) is 6.51. The number of aliphatic hydroxyl groups excluding tert-OH is 1. The maximum Gasteiger partial charge on any atom is 0.297 e. The van der Waals surface area contributed by atoms with Gasteiger partial charge in [0.15, 0.2) is 0 Å². The van der Waals surface area contributed by atoms with E-state index in [2.05, 4.69) is 10.4 Å². The van der Waals surface area contributed by atoms with E-state index in [1.807, 2.05) is 6.92 Å². The van der Waals surface area contributed by atoms with Crippen molar-refractivity contribution in [1.82, 2.24) is 15.1 Å². The van der Waals surface area contributed by atoms with Gasteiger partial charge in [-0.2, -0.15) is 13.9 Å². The average Bonchev–Trinajstić information content (AvgIpc) is 3.35. The molecule has 5 rings (SSSR count). The van der Waals surface area contributed by atoms with Gasteiger partial charge in [0.2, 0.25) is 0 Å². The summed E-state index contributed by atoms with van der Waals surface area (Å²) in [4.78, 5) is 0.515. The van der Waals surface area contributed by atoms with E-state index in [4.69, 9.17) is 16.3 Å². The molecule has 2 N–H and O–H groups in total. The Bertz CT molecular complexity index is 1200. The molecule has 1 spiro atoms. The maximum atomic E-state index is 14.5. The Morgan fingerprint density at radius 2 is 2.18 bits per heavy atom. The largest absolute Gasteiger partial charge is 0.392 e. The normalized spacial score (nSPS) is 24.2. The topological polar surface area (TPSA) is 59.3 Å². The third-order valence-corrected chi connectivity index (χ3v) is 7.96. The van der Waals surface area contributed by atoms with Crippen molar-refractivity contribution in [2.24, 2.45) is 0 Å². The van der Waals surface area contributed by atoms with E-state index in [9.17, 15) is 18.3 Å². The van der Waals surface area contributed by atoms with Gasteiger partial charge in [0, 0.05) is 28.2 Å². The number of aliphatic hydroxyl groups is 1. The average molecular weight is 498 g/mol. The summed E-state index contributed by atoms with van der Waals surface area (Å²) in [6, 6.07) is 5.85. The number of alkyl halides is 2. The first-order chi connectivity index (χ1) is 15.7. The number of piperidine rings is 1. The van der Waals surface area contributed by atoms with Gasteiger partial charge in [-0.15, -0.1) is 11.3 Å². The number of aryl methyl sites for hydroxylation is 1. The second-order valence-electron chi connectivity index (χ2n) is 8.68. The number of fused-ring (bicyclic) bond motifs is 2. The van der Waals surface area contributed by atoms with Crippen molar-refractivity contribution >= 4 is 22.9 Å². The summed E-state index contributed by atoms with van der Waals surface area (Å²) < 4.78 is 51.0. The highest BCUT2D eigenvalue weighted by molar-refractivity contribution is 7.16. The van der Waals surface area contributed by atoms with Crippen LogP contribution in [0.4, 0.5) is 13.2 Å². The number of rotatable bonds is 4. The zero-order valence-corrected chi connectivity index (χ0v) is 19.4. The van der Waals surface area contributed by atoms with Crippen LogP contribution in [0, 0.1) is 12.7 Å². The summed E-state index contributed by atoms with van der Waals surface area (Å²) in [5, 5.41) is 17.5. The van der Waals surface area contributed by atoms with Gasteiger partial charge in [-0.25, -0.2) is 9.07 Å². The molecule has 0 radical (unpaired) electrons. The van der Waals surface area contributed by atoms with Crippen LogP contribution in [0.1, 0.15) is 40.1 Å². The lowest BCUT2D eigenvalue weighted by atomic mass is 9.80. The first-order valence-corrected chi connectivity index (χ1v) is 11.9. The van der Waals surface area contributed by atoms with Crippen molar-refractivity contribution in [3.05, 3.63) is 67.9 Å². The van der Waals surface area contributed by atoms with E-state index in [-0.39, 0.29) is 23.9 Å². The van der Waals surface area contributed by atoms with Crippen LogP contribution in [-0.2, 0) is 29.3 Å². The molecule has 2 aliphatic rings. The summed E-state index contributed by atoms with van der Waals surface area (Å²) in [5.41, 5.74) is 1.48. The van der Waals surface area contributed by atoms with E-state index in [0.717, 1.165) is 11.3 Å². The molecule has 10 heteroatoms. The highest BCUT2D eigenvalue weighted by Gasteiger charge is 2.52. The number of benzene rings is 1. The lowest BCUT2D eigenvalue weighted by Crippen LogP contribution is -2.52. The lowest BCUT2D eigenvalue weighted by Gasteiger charge is -2.45. The van der Waals surface area contributed by atoms with E-state index in [0.29, 0.717) is 40.6 Å². The molecule has 2 unspecified atom stereocenters. The number of nitrogens with one attached hydrogen (secondary N) is 1. The first kappa shape index (κ1) is 22.9. The number of aromatic nitrogens is 2. The predicted octanol–water partition coefficient (Wildman–Crippen LogP) is 4.84. The van der Waals surface area contributed by atoms with Gasteiger partial charge in [0.25, 0.3) is 5.92 Å². The molecule has 2 atom stereocenters. The Hall–Kier alpha value is -1.91. The number of hydrogen-bond acceptors (Lipinski definition) is 5. The molecule has 3 aromatic rings. The Balaban J connectivity index is 1.42. The van der Waals surface area contributed by atoms with E-state index in [1.165, 1.54) is 28.2 Å². The minimum Gasteiger partial charge on any atom is -0.392 e. The van der Waals surface area contributed by atoms with Crippen LogP contribution in [0.2, 0.25) is 4.34 Å². The lowest BCUT2D eigenvalue weighted by molar-refractivity contribution is -0.178. The Labute approximate surface area is 198 Å². The quantitative estimate of drug-likeness (QED) is 0.541. The highest BCUT2D eigenvalue weighted by atomic mass is 35.5. The Kier molecular flexibility index (Phi) is 5.81. The fourth-order valence-electron chi connectivity index (χ4n) is 4.90. The van der Waals surface area contributed by atoms with E-state index >= 15 is 0 Å². The van der Waals surface area contributed by atoms with Gasteiger partial charge in [-0.3, -0.25) is 0 Å². The zero-order chi connectivity index (χ0) is 23.4. The van der Waals surface area contributed by atoms with Crippen LogP contribution in [0.25, 0.3) is 5.69 Å². The van der Waals surface area contributed by atoms with Crippen LogP contribution in [0.15, 0.2) is 30.5 Å². The molecular formula is C23H23ClF3N3O2S. The van der Waals surface area contributed by atoms with Crippen LogP contribution < -0.4 is 5.32 Å². The van der Waals surface area contributed by atoms with Crippen molar-refractivity contribution in [2.45, 2.75) is 50.4 Å². The van der Waals surface area contributed by atoms with Crippen molar-refractivity contribution < 1.29 is 23.0 Å². The second-order valence-corrected chi connectivity index (χ2v) is 10.4. The van der Waals surface area contributed by atoms with Gasteiger partial charge in [-0.1, -0.05) is 23.7 Å². The first-order valence-electron chi connectivity index (χ1n) is 10.7. The molecule has 0 saturated carbocycles. The van der Waals surface area contributed by atoms with Crippen molar-refractivity contribution in [1.29, 1.82) is 0 Å². The molecule has 0 aliphatic carbocycles. The monoisotopic (exact) mass is 497 g/mol. The van der Waals surface area contributed by atoms with Gasteiger partial charge in [-0.05, 0) is 50.4 Å². The van der Waals surface area contributed by atoms with Crippen molar-refractivity contribution in [3.8, 4) is 5.69 Å². The molecule has 4 heterocycles. The Morgan fingerprint density at radius 3 is 2.97 bits per heavy atom. The number of ether oxygens (including phenoxy) is 1. The second kappa shape index (κ2) is 8.39. The van der Waals surface area contributed by atoms with Crippen LogP contribution in [0.3, 0.4) is 0 Å². The molecule has 1 saturated heterocycles. The van der Waals surface area contributed by atoms with Crippen molar-refractivity contribution in [3.63, 3.8) is 0 Å². The molecule has 0 amide bonds. The molecule has 33 heavy (non-hydrogen) atoms. The molecule has 176 valence electrons. The summed E-state index contributed by atoms with van der Waals surface area (Å²) >= 11 is 7.29. The molecule has 2 aromatic heterocycles. The predicted molar refractivity (Wildman–Crippen MR) is 120 cm³/mol. The fraction of sp³-hybridized carbons (Fsp3) is 0.435. The summed E-state index contributed by atoms with van der Waals surface area (Å²) in [5.74, 6) is -3.52. The molecular weight excluding hydrogens is 475 g/mol. The smallest absolute Gasteiger partial charge is 0.297 e. The molecule has 1 fully saturated rings. The third kappa shape index (κ3) is 4.00. The van der Waals surface area contributed by atoms with Gasteiger partial charge in [0.1, 0.15) is 23.7 Å². The SMILES string of the molecule is Cc1nn(-c2c(F)cccc2CO)cc1CC1CC2(CCN1)OCC(F)(F)c1cc(Cl)sc12. The number of thiophene rings is 1. The van der Waals surface area contributed by atoms with Crippen LogP contribution >= 0.6 is 22.9 Å². The molecule has 0 bridgehead atoms. The molecule has 1 aromatic carbocycles. The van der Waals surface area contributed by atoms with E-state index < -0.39 is 23.9 Å². The molecule has 5 nitrogen and oxygen atoms in total. The number of halogens is 4. The maximum absolute atomic E-state index is 14.5. The highest BCUT2D eigenvalue weighted by Crippen LogP contribution is 2.52. The Morgan fingerprint density at radius 1 is 1.36 bits per heavy atom. The summed E-state index contributed by atoms with van der Waals surface area (Å²) in [6.07, 6.45) is 3.43. The minimum absolute atomic E-state index is 0.0236. The fourth-order valence-corrected chi connectivity index (χ4v) is 6.36. The number of hydrogen-bond donors (Lipinski definition) is 2. The minimum atomic E-state index is -3.05. The van der Waals surface area contributed by atoms with Crippen molar-refractivity contribution in [2.75, 3.05) is 13.2 Å². The van der Waals surface area contributed by atoms with Crippen LogP contribution in [0.5, 0.6) is 0 Å². The molecule has 2 aliphatic heterocycles. The van der Waals surface area contributed by atoms with E-state index in [1.54, 1.807) is 18.3 Å².